The summed E-state index contributed by atoms with van der Waals surface area (Å²) >= 11 is 1.41. The predicted octanol–water partition coefficient (Wildman–Crippen LogP) is 4.27. The summed E-state index contributed by atoms with van der Waals surface area (Å²) < 4.78 is 2.11. The molecule has 0 aliphatic heterocycles. The fraction of sp³-hybridized carbons (Fsp3) is 0.318. The van der Waals surface area contributed by atoms with Crippen molar-refractivity contribution in [3.63, 3.8) is 0 Å². The fourth-order valence-corrected chi connectivity index (χ4v) is 4.10. The number of aromatic nitrogens is 2. The van der Waals surface area contributed by atoms with E-state index in [2.05, 4.69) is 21.8 Å². The molecule has 2 amide bonds. The first kappa shape index (κ1) is 20.9. The lowest BCUT2D eigenvalue weighted by Crippen LogP contribution is -2.30. The molecule has 0 unspecified atom stereocenters. The number of hydrogen-bond acceptors (Lipinski definition) is 4. The van der Waals surface area contributed by atoms with Crippen molar-refractivity contribution in [1.82, 2.24) is 14.5 Å². The van der Waals surface area contributed by atoms with Gasteiger partial charge in [-0.25, -0.2) is 4.98 Å². The first-order chi connectivity index (χ1) is 14.1. The maximum Gasteiger partial charge on any atom is 0.253 e. The molecule has 1 N–H and O–H groups in total. The average molecular weight is 411 g/mol. The van der Waals surface area contributed by atoms with Crippen LogP contribution in [-0.4, -0.2) is 45.1 Å². The van der Waals surface area contributed by atoms with Crippen LogP contribution in [0.25, 0.3) is 11.0 Å². The maximum atomic E-state index is 12.5. The van der Waals surface area contributed by atoms with E-state index in [1.54, 1.807) is 29.2 Å². The highest BCUT2D eigenvalue weighted by Gasteiger charge is 2.14. The molecule has 7 heteroatoms. The highest BCUT2D eigenvalue weighted by atomic mass is 32.2. The summed E-state index contributed by atoms with van der Waals surface area (Å²) in [5.41, 5.74) is 3.20. The molecule has 2 aromatic carbocycles. The molecule has 0 radical (unpaired) electrons. The van der Waals surface area contributed by atoms with Gasteiger partial charge in [0.1, 0.15) is 0 Å². The molecule has 0 spiro atoms. The van der Waals surface area contributed by atoms with Crippen LogP contribution < -0.4 is 5.32 Å². The molecular weight excluding hydrogens is 384 g/mol. The number of carbonyl (C=O) groups is 2. The standard InChI is InChI=1S/C22H26N4O2S/c1-4-25(5-2)21(28)16-10-9-11-17(14-16)23-20(27)15-29-22-24-18-12-7-8-13-19(18)26(22)6-3/h7-14H,4-6,15H2,1-3H3,(H,23,27). The van der Waals surface area contributed by atoms with Crippen molar-refractivity contribution in [2.45, 2.75) is 32.5 Å². The van der Waals surface area contributed by atoms with Crippen molar-refractivity contribution in [2.24, 2.45) is 0 Å². The van der Waals surface area contributed by atoms with Crippen molar-refractivity contribution in [3.8, 4) is 0 Å². The molecule has 3 rings (SSSR count). The summed E-state index contributed by atoms with van der Waals surface area (Å²) in [5.74, 6) is 0.0895. The number of amides is 2. The van der Waals surface area contributed by atoms with Gasteiger partial charge in [-0.1, -0.05) is 30.0 Å². The second-order valence-corrected chi connectivity index (χ2v) is 7.46. The number of imidazole rings is 1. The third-order valence-electron chi connectivity index (χ3n) is 4.71. The number of anilines is 1. The van der Waals surface area contributed by atoms with E-state index in [1.807, 2.05) is 38.1 Å². The molecule has 0 bridgehead atoms. The van der Waals surface area contributed by atoms with Gasteiger partial charge in [-0.3, -0.25) is 9.59 Å². The topological polar surface area (TPSA) is 67.2 Å². The average Bonchev–Trinajstić information content (AvgIpc) is 3.10. The second-order valence-electron chi connectivity index (χ2n) is 6.52. The third kappa shape index (κ3) is 4.79. The SMILES string of the molecule is CCN(CC)C(=O)c1cccc(NC(=O)CSc2nc3ccccc3n2CC)c1. The number of aryl methyl sites for hydroxylation is 1. The second kappa shape index (κ2) is 9.60. The normalized spacial score (nSPS) is 10.9. The van der Waals surface area contributed by atoms with Crippen LogP contribution in [0.15, 0.2) is 53.7 Å². The Labute approximate surface area is 175 Å². The van der Waals surface area contributed by atoms with E-state index in [1.165, 1.54) is 11.8 Å². The van der Waals surface area contributed by atoms with Gasteiger partial charge in [0.2, 0.25) is 5.91 Å². The van der Waals surface area contributed by atoms with Crippen LogP contribution in [0.1, 0.15) is 31.1 Å². The lowest BCUT2D eigenvalue weighted by Gasteiger charge is -2.19. The van der Waals surface area contributed by atoms with Crippen LogP contribution in [0, 0.1) is 0 Å². The van der Waals surface area contributed by atoms with Crippen molar-refractivity contribution < 1.29 is 9.59 Å². The molecule has 6 nitrogen and oxygen atoms in total. The Morgan fingerprint density at radius 2 is 1.83 bits per heavy atom. The van der Waals surface area contributed by atoms with Gasteiger partial charge in [0.15, 0.2) is 5.16 Å². The molecule has 29 heavy (non-hydrogen) atoms. The van der Waals surface area contributed by atoms with Crippen molar-refractivity contribution in [3.05, 3.63) is 54.1 Å². The predicted molar refractivity (Wildman–Crippen MR) is 118 cm³/mol. The summed E-state index contributed by atoms with van der Waals surface area (Å²) in [5, 5.41) is 3.71. The zero-order chi connectivity index (χ0) is 20.8. The van der Waals surface area contributed by atoms with Gasteiger partial charge >= 0.3 is 0 Å². The largest absolute Gasteiger partial charge is 0.339 e. The van der Waals surface area contributed by atoms with Gasteiger partial charge in [0, 0.05) is 30.9 Å². The van der Waals surface area contributed by atoms with Gasteiger partial charge in [-0.2, -0.15) is 0 Å². The molecule has 152 valence electrons. The summed E-state index contributed by atoms with van der Waals surface area (Å²) in [6, 6.07) is 15.0. The summed E-state index contributed by atoms with van der Waals surface area (Å²) in [4.78, 5) is 31.4. The van der Waals surface area contributed by atoms with Crippen LogP contribution in [0.2, 0.25) is 0 Å². The lowest BCUT2D eigenvalue weighted by atomic mass is 10.1. The number of fused-ring (bicyclic) bond motifs is 1. The van der Waals surface area contributed by atoms with Gasteiger partial charge < -0.3 is 14.8 Å². The van der Waals surface area contributed by atoms with E-state index in [-0.39, 0.29) is 17.6 Å². The van der Waals surface area contributed by atoms with Crippen LogP contribution in [-0.2, 0) is 11.3 Å². The number of para-hydroxylation sites is 2. The number of benzene rings is 2. The Hall–Kier alpha value is -2.80. The van der Waals surface area contributed by atoms with Gasteiger partial charge in [-0.15, -0.1) is 0 Å². The Morgan fingerprint density at radius 1 is 1.07 bits per heavy atom. The minimum atomic E-state index is -0.128. The maximum absolute atomic E-state index is 12.5. The molecule has 0 saturated heterocycles. The van der Waals surface area contributed by atoms with E-state index in [9.17, 15) is 9.59 Å². The first-order valence-corrected chi connectivity index (χ1v) is 10.8. The Kier molecular flexibility index (Phi) is 6.93. The van der Waals surface area contributed by atoms with E-state index in [0.717, 1.165) is 22.7 Å². The number of carbonyl (C=O) groups excluding carboxylic acids is 2. The zero-order valence-corrected chi connectivity index (χ0v) is 17.8. The molecular formula is C22H26N4O2S. The highest BCUT2D eigenvalue weighted by molar-refractivity contribution is 7.99. The molecule has 0 aliphatic carbocycles. The number of nitrogens with zero attached hydrogens (tertiary/aromatic N) is 3. The van der Waals surface area contributed by atoms with Crippen LogP contribution in [0.5, 0.6) is 0 Å². The van der Waals surface area contributed by atoms with E-state index < -0.39 is 0 Å². The molecule has 0 saturated carbocycles. The quantitative estimate of drug-likeness (QED) is 0.563. The van der Waals surface area contributed by atoms with E-state index in [0.29, 0.717) is 24.3 Å². The number of hydrogen-bond donors (Lipinski definition) is 1. The third-order valence-corrected chi connectivity index (χ3v) is 5.69. The van der Waals surface area contributed by atoms with Gasteiger partial charge in [0.05, 0.1) is 16.8 Å². The van der Waals surface area contributed by atoms with Crippen molar-refractivity contribution in [1.29, 1.82) is 0 Å². The van der Waals surface area contributed by atoms with E-state index >= 15 is 0 Å². The van der Waals surface area contributed by atoms with Crippen LogP contribution in [0.3, 0.4) is 0 Å². The first-order valence-electron chi connectivity index (χ1n) is 9.84. The summed E-state index contributed by atoms with van der Waals surface area (Å²) in [6.45, 7) is 8.07. The van der Waals surface area contributed by atoms with Gasteiger partial charge in [0.25, 0.3) is 5.91 Å². The molecule has 0 aliphatic rings. The number of thioether (sulfide) groups is 1. The smallest absolute Gasteiger partial charge is 0.253 e. The van der Waals surface area contributed by atoms with Crippen LogP contribution in [0.4, 0.5) is 5.69 Å². The Balaban J connectivity index is 1.66. The van der Waals surface area contributed by atoms with Gasteiger partial charge in [-0.05, 0) is 51.1 Å². The molecule has 0 atom stereocenters. The molecule has 1 aromatic heterocycles. The number of rotatable bonds is 8. The molecule has 0 fully saturated rings. The summed E-state index contributed by atoms with van der Waals surface area (Å²) in [7, 11) is 0. The molecule has 3 aromatic rings. The van der Waals surface area contributed by atoms with Crippen molar-refractivity contribution in [2.75, 3.05) is 24.2 Å². The number of nitrogens with one attached hydrogen (secondary N) is 1. The zero-order valence-electron chi connectivity index (χ0n) is 17.0. The minimum Gasteiger partial charge on any atom is -0.339 e. The lowest BCUT2D eigenvalue weighted by molar-refractivity contribution is -0.113. The van der Waals surface area contributed by atoms with Crippen molar-refractivity contribution >= 4 is 40.3 Å². The monoisotopic (exact) mass is 410 g/mol. The molecule has 1 heterocycles. The Bertz CT molecular complexity index is 1010. The summed E-state index contributed by atoms with van der Waals surface area (Å²) in [6.07, 6.45) is 0. The Morgan fingerprint density at radius 3 is 2.55 bits per heavy atom. The van der Waals surface area contributed by atoms with Crippen LogP contribution >= 0.6 is 11.8 Å². The fourth-order valence-electron chi connectivity index (χ4n) is 3.22. The van der Waals surface area contributed by atoms with E-state index in [4.69, 9.17) is 0 Å². The highest BCUT2D eigenvalue weighted by Crippen LogP contribution is 2.24. The minimum absolute atomic E-state index is 0.0304.